The summed E-state index contributed by atoms with van der Waals surface area (Å²) in [5, 5.41) is 11.6. The van der Waals surface area contributed by atoms with Crippen LogP contribution in [0, 0.1) is 5.92 Å². The fourth-order valence-electron chi connectivity index (χ4n) is 1.80. The minimum absolute atomic E-state index is 0.0189. The normalized spacial score (nSPS) is 23.9. The van der Waals surface area contributed by atoms with Crippen molar-refractivity contribution in [3.05, 3.63) is 0 Å². The maximum Gasteiger partial charge on any atom is 0.317 e. The first-order chi connectivity index (χ1) is 8.41. The van der Waals surface area contributed by atoms with E-state index >= 15 is 0 Å². The first-order valence-corrected chi connectivity index (χ1v) is 6.31. The summed E-state index contributed by atoms with van der Waals surface area (Å²) in [6, 6.07) is -0.609. The first kappa shape index (κ1) is 14.8. The number of nitrogens with zero attached hydrogens (tertiary/aromatic N) is 1. The highest BCUT2D eigenvalue weighted by Crippen LogP contribution is 2.08. The Kier molecular flexibility index (Phi) is 5.40. The summed E-state index contributed by atoms with van der Waals surface area (Å²) < 4.78 is 5.46. The molecule has 1 heterocycles. The molecule has 0 radical (unpaired) electrons. The molecule has 0 aliphatic carbocycles. The Hall–Kier alpha value is -1.30. The summed E-state index contributed by atoms with van der Waals surface area (Å²) in [6.45, 7) is 7.06. The predicted molar refractivity (Wildman–Crippen MR) is 66.4 cm³/mol. The van der Waals surface area contributed by atoms with Gasteiger partial charge in [0.25, 0.3) is 0 Å². The van der Waals surface area contributed by atoms with Crippen molar-refractivity contribution < 1.29 is 19.4 Å². The number of rotatable bonds is 3. The van der Waals surface area contributed by atoms with Crippen molar-refractivity contribution in [2.45, 2.75) is 39.3 Å². The molecule has 2 N–H and O–H groups in total. The highest BCUT2D eigenvalue weighted by atomic mass is 16.5. The van der Waals surface area contributed by atoms with Crippen LogP contribution in [-0.2, 0) is 9.53 Å². The van der Waals surface area contributed by atoms with Crippen LogP contribution in [0.3, 0.4) is 0 Å². The van der Waals surface area contributed by atoms with Gasteiger partial charge in [-0.3, -0.25) is 4.79 Å². The molecule has 0 aromatic carbocycles. The lowest BCUT2D eigenvalue weighted by molar-refractivity contribution is -0.141. The van der Waals surface area contributed by atoms with Gasteiger partial charge in [0.05, 0.1) is 12.0 Å². The van der Waals surface area contributed by atoms with Crippen LogP contribution < -0.4 is 5.32 Å². The number of carbonyl (C=O) groups is 2. The summed E-state index contributed by atoms with van der Waals surface area (Å²) in [4.78, 5) is 24.5. The Balaban J connectivity index is 2.50. The zero-order valence-electron chi connectivity index (χ0n) is 11.2. The molecule has 18 heavy (non-hydrogen) atoms. The van der Waals surface area contributed by atoms with Gasteiger partial charge < -0.3 is 20.1 Å². The van der Waals surface area contributed by atoms with Crippen LogP contribution in [-0.4, -0.2) is 53.8 Å². The lowest BCUT2D eigenvalue weighted by atomic mass is 10.0. The van der Waals surface area contributed by atoms with Crippen molar-refractivity contribution in [1.82, 2.24) is 10.2 Å². The number of hydrogen-bond donors (Lipinski definition) is 2. The Morgan fingerprint density at radius 1 is 1.44 bits per heavy atom. The molecular weight excluding hydrogens is 236 g/mol. The van der Waals surface area contributed by atoms with Gasteiger partial charge in [-0.2, -0.15) is 0 Å². The van der Waals surface area contributed by atoms with Gasteiger partial charge in [-0.05, 0) is 27.2 Å². The van der Waals surface area contributed by atoms with Gasteiger partial charge in [-0.15, -0.1) is 0 Å². The molecule has 3 unspecified atom stereocenters. The first-order valence-electron chi connectivity index (χ1n) is 6.31. The lowest BCUT2D eigenvalue weighted by Gasteiger charge is -2.26. The third-order valence-corrected chi connectivity index (χ3v) is 3.23. The maximum absolute atomic E-state index is 12.0. The van der Waals surface area contributed by atoms with Crippen LogP contribution in [0.1, 0.15) is 27.2 Å². The van der Waals surface area contributed by atoms with Crippen molar-refractivity contribution in [2.75, 3.05) is 19.7 Å². The van der Waals surface area contributed by atoms with E-state index < -0.39 is 17.9 Å². The molecule has 6 heteroatoms. The molecule has 104 valence electrons. The molecule has 6 nitrogen and oxygen atoms in total. The second-order valence-corrected chi connectivity index (χ2v) is 4.85. The van der Waals surface area contributed by atoms with Gasteiger partial charge in [0.1, 0.15) is 0 Å². The molecule has 1 aliphatic heterocycles. The number of amides is 2. The number of ether oxygens (including phenoxy) is 1. The Morgan fingerprint density at radius 3 is 2.72 bits per heavy atom. The molecule has 2 amide bonds. The monoisotopic (exact) mass is 258 g/mol. The molecular formula is C12H22N2O4. The van der Waals surface area contributed by atoms with Crippen molar-refractivity contribution in [3.63, 3.8) is 0 Å². The van der Waals surface area contributed by atoms with E-state index in [1.807, 2.05) is 6.92 Å². The van der Waals surface area contributed by atoms with Crippen molar-refractivity contribution in [1.29, 1.82) is 0 Å². The Labute approximate surface area is 107 Å². The summed E-state index contributed by atoms with van der Waals surface area (Å²) in [6.07, 6.45) is 0.825. The molecule has 1 aliphatic rings. The summed E-state index contributed by atoms with van der Waals surface area (Å²) in [5.41, 5.74) is 0. The van der Waals surface area contributed by atoms with Gasteiger partial charge in [0.2, 0.25) is 0 Å². The van der Waals surface area contributed by atoms with E-state index in [0.29, 0.717) is 19.7 Å². The van der Waals surface area contributed by atoms with Crippen molar-refractivity contribution >= 4 is 12.0 Å². The molecule has 1 rings (SSSR count). The van der Waals surface area contributed by atoms with Crippen LogP contribution in [0.4, 0.5) is 4.79 Å². The van der Waals surface area contributed by atoms with E-state index in [1.54, 1.807) is 18.7 Å². The Bertz CT molecular complexity index is 308. The van der Waals surface area contributed by atoms with E-state index in [1.165, 1.54) is 0 Å². The van der Waals surface area contributed by atoms with Crippen LogP contribution in [0.25, 0.3) is 0 Å². The smallest absolute Gasteiger partial charge is 0.317 e. The minimum atomic E-state index is -0.907. The van der Waals surface area contributed by atoms with Gasteiger partial charge in [-0.1, -0.05) is 0 Å². The minimum Gasteiger partial charge on any atom is -0.481 e. The lowest BCUT2D eigenvalue weighted by Crippen LogP contribution is -2.48. The van der Waals surface area contributed by atoms with Crippen molar-refractivity contribution in [2.24, 2.45) is 5.92 Å². The van der Waals surface area contributed by atoms with Crippen molar-refractivity contribution in [3.8, 4) is 0 Å². The molecule has 3 atom stereocenters. The second kappa shape index (κ2) is 6.58. The second-order valence-electron chi connectivity index (χ2n) is 4.85. The Morgan fingerprint density at radius 2 is 2.11 bits per heavy atom. The summed E-state index contributed by atoms with van der Waals surface area (Å²) in [7, 11) is 0. The molecule has 0 saturated carbocycles. The van der Waals surface area contributed by atoms with E-state index in [2.05, 4.69) is 5.32 Å². The molecule has 0 spiro atoms. The standard InChI is InChI=1S/C12H22N2O4/c1-8-7-14(5-4-6-18-8)12(17)13-10(3)9(2)11(15)16/h8-10H,4-7H2,1-3H3,(H,13,17)(H,15,16). The van der Waals surface area contributed by atoms with Gasteiger partial charge >= 0.3 is 12.0 Å². The van der Waals surface area contributed by atoms with Gasteiger partial charge in [0.15, 0.2) is 0 Å². The SMILES string of the molecule is CC1CN(C(=O)NC(C)C(C)C(=O)O)CCCO1. The van der Waals surface area contributed by atoms with Gasteiger partial charge in [-0.25, -0.2) is 4.79 Å². The topological polar surface area (TPSA) is 78.9 Å². The number of nitrogens with one attached hydrogen (secondary N) is 1. The van der Waals surface area contributed by atoms with E-state index in [0.717, 1.165) is 6.42 Å². The number of urea groups is 1. The third kappa shape index (κ3) is 4.18. The van der Waals surface area contributed by atoms with Crippen LogP contribution in [0.5, 0.6) is 0 Å². The zero-order chi connectivity index (χ0) is 13.7. The average molecular weight is 258 g/mol. The van der Waals surface area contributed by atoms with Crippen LogP contribution >= 0.6 is 0 Å². The van der Waals surface area contributed by atoms with E-state index in [-0.39, 0.29) is 12.1 Å². The van der Waals surface area contributed by atoms with Crippen LogP contribution in [0.2, 0.25) is 0 Å². The van der Waals surface area contributed by atoms with E-state index in [9.17, 15) is 9.59 Å². The number of hydrogen-bond acceptors (Lipinski definition) is 3. The average Bonchev–Trinajstić information content (AvgIpc) is 2.52. The quantitative estimate of drug-likeness (QED) is 0.789. The molecule has 0 aromatic heterocycles. The number of aliphatic carboxylic acids is 1. The molecule has 0 aromatic rings. The largest absolute Gasteiger partial charge is 0.481 e. The van der Waals surface area contributed by atoms with Crippen LogP contribution in [0.15, 0.2) is 0 Å². The third-order valence-electron chi connectivity index (χ3n) is 3.23. The molecule has 0 bridgehead atoms. The predicted octanol–water partition coefficient (Wildman–Crippen LogP) is 0.916. The summed E-state index contributed by atoms with van der Waals surface area (Å²) in [5.74, 6) is -1.51. The van der Waals surface area contributed by atoms with E-state index in [4.69, 9.17) is 9.84 Å². The molecule has 1 saturated heterocycles. The fourth-order valence-corrected chi connectivity index (χ4v) is 1.80. The molecule has 1 fully saturated rings. The summed E-state index contributed by atoms with van der Waals surface area (Å²) >= 11 is 0. The highest BCUT2D eigenvalue weighted by molar-refractivity contribution is 5.76. The maximum atomic E-state index is 12.0. The number of carboxylic acid groups (broad SMARTS) is 1. The van der Waals surface area contributed by atoms with Gasteiger partial charge in [0, 0.05) is 25.7 Å². The highest BCUT2D eigenvalue weighted by Gasteiger charge is 2.25. The fraction of sp³-hybridized carbons (Fsp3) is 0.833. The number of carbonyl (C=O) groups excluding carboxylic acids is 1. The zero-order valence-corrected chi connectivity index (χ0v) is 11.2. The number of carboxylic acids is 1.